The zero-order chi connectivity index (χ0) is 14.7. The van der Waals surface area contributed by atoms with Crippen LogP contribution in [0.1, 0.15) is 13.8 Å². The number of hydrogen-bond acceptors (Lipinski definition) is 7. The molecule has 0 aliphatic carbocycles. The Morgan fingerprint density at radius 2 is 1.67 bits per heavy atom. The Bertz CT molecular complexity index is 283. The maximum Gasteiger partial charge on any atom is 0.207 e. The summed E-state index contributed by atoms with van der Waals surface area (Å²) in [4.78, 5) is 13.0. The molecule has 0 aliphatic rings. The molecule has 7 heteroatoms. The minimum atomic E-state index is -2.33. The van der Waals surface area contributed by atoms with Crippen LogP contribution >= 0.6 is 0 Å². The van der Waals surface area contributed by atoms with Crippen LogP contribution in [-0.2, 0) is 4.79 Å². The zero-order valence-electron chi connectivity index (χ0n) is 11.1. The van der Waals surface area contributed by atoms with Crippen molar-refractivity contribution in [2.24, 2.45) is 5.92 Å². The first-order chi connectivity index (χ1) is 8.10. The first kappa shape index (κ1) is 17.4. The molecule has 7 nitrogen and oxygen atoms in total. The molecule has 0 aromatic carbocycles. The Hall–Kier alpha value is -0.570. The summed E-state index contributed by atoms with van der Waals surface area (Å²) in [6, 6.07) is 0. The third-order valence-electron chi connectivity index (χ3n) is 2.89. The number of likely N-dealkylation sites (N-methyl/N-ethyl adjacent to an activating group) is 1. The van der Waals surface area contributed by atoms with E-state index in [9.17, 15) is 25.2 Å². The number of nitrogens with zero attached hydrogens (tertiary/aromatic N) is 1. The maximum atomic E-state index is 12.0. The Morgan fingerprint density at radius 1 is 1.22 bits per heavy atom. The zero-order valence-corrected chi connectivity index (χ0v) is 11.1. The number of aliphatic hydroxyl groups excluding tert-OH is 4. The van der Waals surface area contributed by atoms with E-state index in [2.05, 4.69) is 0 Å². The summed E-state index contributed by atoms with van der Waals surface area (Å²) in [6.07, 6.45) is -5.43. The molecule has 5 N–H and O–H groups in total. The van der Waals surface area contributed by atoms with Gasteiger partial charge in [0, 0.05) is 5.92 Å². The highest BCUT2D eigenvalue weighted by Gasteiger charge is 2.50. The summed E-state index contributed by atoms with van der Waals surface area (Å²) in [7, 11) is 2.73. The molecule has 0 unspecified atom stereocenters. The highest BCUT2D eigenvalue weighted by Crippen LogP contribution is 2.23. The second-order valence-corrected chi connectivity index (χ2v) is 4.82. The Morgan fingerprint density at radius 3 is 1.94 bits per heavy atom. The molecule has 0 aromatic heterocycles. The van der Waals surface area contributed by atoms with Crippen LogP contribution in [0.15, 0.2) is 0 Å². The largest absolute Gasteiger partial charge is 0.394 e. The highest BCUT2D eigenvalue weighted by molar-refractivity contribution is 5.89. The minimum absolute atomic E-state index is 0.578. The third kappa shape index (κ3) is 3.25. The molecular weight excluding hydrogens is 242 g/mol. The standard InChI is InChI=1S/C11H23NO6/c1-6(2)9(16)11(18,12(3)4)10(17)8(15)7(14)5-13/h6-8,10,13-15,17-18H,5H2,1-4H3/t7-,8-,10+,11+/m1/s1. The van der Waals surface area contributed by atoms with Crippen molar-refractivity contribution in [3.05, 3.63) is 0 Å². The molecule has 0 radical (unpaired) electrons. The number of carbonyl (C=O) groups excluding carboxylic acids is 1. The summed E-state index contributed by atoms with van der Waals surface area (Å²) in [5.74, 6) is -1.27. The van der Waals surface area contributed by atoms with E-state index in [4.69, 9.17) is 5.11 Å². The van der Waals surface area contributed by atoms with Crippen LogP contribution in [0.5, 0.6) is 0 Å². The molecular formula is C11H23NO6. The van der Waals surface area contributed by atoms with E-state index in [1.165, 1.54) is 14.1 Å². The van der Waals surface area contributed by atoms with Gasteiger partial charge in [-0.15, -0.1) is 0 Å². The van der Waals surface area contributed by atoms with Crippen LogP contribution in [0.25, 0.3) is 0 Å². The van der Waals surface area contributed by atoms with Crippen LogP contribution in [0, 0.1) is 5.92 Å². The second kappa shape index (κ2) is 6.55. The van der Waals surface area contributed by atoms with Gasteiger partial charge in [-0.1, -0.05) is 13.8 Å². The molecule has 0 heterocycles. The lowest BCUT2D eigenvalue weighted by Gasteiger charge is -2.40. The Balaban J connectivity index is 5.29. The van der Waals surface area contributed by atoms with Gasteiger partial charge in [0.05, 0.1) is 6.61 Å². The SMILES string of the molecule is CC(C)C(=O)[C@](O)([C@@H](O)[C@H](O)[C@H](O)CO)N(C)C. The smallest absolute Gasteiger partial charge is 0.207 e. The highest BCUT2D eigenvalue weighted by atomic mass is 16.4. The lowest BCUT2D eigenvalue weighted by Crippen LogP contribution is -2.65. The van der Waals surface area contributed by atoms with Gasteiger partial charge < -0.3 is 25.5 Å². The van der Waals surface area contributed by atoms with Gasteiger partial charge in [-0.3, -0.25) is 9.69 Å². The molecule has 0 spiro atoms. The molecule has 0 saturated carbocycles. The second-order valence-electron chi connectivity index (χ2n) is 4.82. The molecule has 0 bridgehead atoms. The molecule has 0 rings (SSSR count). The Kier molecular flexibility index (Phi) is 6.35. The van der Waals surface area contributed by atoms with Crippen molar-refractivity contribution in [2.75, 3.05) is 20.7 Å². The molecule has 4 atom stereocenters. The number of rotatable bonds is 7. The number of aliphatic hydroxyl groups is 5. The molecule has 0 fully saturated rings. The first-order valence-electron chi connectivity index (χ1n) is 5.69. The predicted octanol–water partition coefficient (Wildman–Crippen LogP) is -2.46. The van der Waals surface area contributed by atoms with Crippen LogP contribution in [0.4, 0.5) is 0 Å². The number of hydrogen-bond donors (Lipinski definition) is 5. The topological polar surface area (TPSA) is 121 Å². The van der Waals surface area contributed by atoms with E-state index in [-0.39, 0.29) is 0 Å². The Labute approximate surface area is 106 Å². The summed E-state index contributed by atoms with van der Waals surface area (Å²) in [6.45, 7) is 2.29. The first-order valence-corrected chi connectivity index (χ1v) is 5.69. The fourth-order valence-corrected chi connectivity index (χ4v) is 1.61. The lowest BCUT2D eigenvalue weighted by molar-refractivity contribution is -0.212. The quantitative estimate of drug-likeness (QED) is 0.324. The van der Waals surface area contributed by atoms with Crippen molar-refractivity contribution in [3.8, 4) is 0 Å². The lowest BCUT2D eigenvalue weighted by atomic mass is 9.88. The molecule has 18 heavy (non-hydrogen) atoms. The number of ketones is 1. The van der Waals surface area contributed by atoms with Crippen molar-refractivity contribution in [1.82, 2.24) is 4.90 Å². The molecule has 0 aromatic rings. The van der Waals surface area contributed by atoms with Gasteiger partial charge in [0.15, 0.2) is 5.78 Å². The van der Waals surface area contributed by atoms with Gasteiger partial charge >= 0.3 is 0 Å². The average molecular weight is 265 g/mol. The van der Waals surface area contributed by atoms with E-state index < -0.39 is 42.3 Å². The van der Waals surface area contributed by atoms with E-state index in [1.807, 2.05) is 0 Å². The van der Waals surface area contributed by atoms with Gasteiger partial charge in [-0.2, -0.15) is 0 Å². The molecule has 108 valence electrons. The number of Topliss-reactive ketones (excluding diaryl/α,β-unsaturated/α-hetero) is 1. The van der Waals surface area contributed by atoms with Crippen molar-refractivity contribution < 1.29 is 30.3 Å². The molecule has 0 saturated heterocycles. The fourth-order valence-electron chi connectivity index (χ4n) is 1.61. The van der Waals surface area contributed by atoms with Gasteiger partial charge in [0.25, 0.3) is 0 Å². The third-order valence-corrected chi connectivity index (χ3v) is 2.89. The van der Waals surface area contributed by atoms with Gasteiger partial charge in [0.1, 0.15) is 18.3 Å². The fraction of sp³-hybridized carbons (Fsp3) is 0.909. The average Bonchev–Trinajstić information content (AvgIpc) is 2.33. The van der Waals surface area contributed by atoms with E-state index in [0.717, 1.165) is 4.90 Å². The monoisotopic (exact) mass is 265 g/mol. The number of carbonyl (C=O) groups is 1. The van der Waals surface area contributed by atoms with Crippen molar-refractivity contribution in [2.45, 2.75) is 37.9 Å². The van der Waals surface area contributed by atoms with Gasteiger partial charge in [-0.05, 0) is 14.1 Å². The summed E-state index contributed by atoms with van der Waals surface area (Å²) in [5, 5.41) is 47.7. The van der Waals surface area contributed by atoms with Crippen LogP contribution < -0.4 is 0 Å². The predicted molar refractivity (Wildman–Crippen MR) is 63.6 cm³/mol. The summed E-state index contributed by atoms with van der Waals surface area (Å²) < 4.78 is 0. The minimum Gasteiger partial charge on any atom is -0.394 e. The normalized spacial score (nSPS) is 20.6. The van der Waals surface area contributed by atoms with Gasteiger partial charge in [-0.25, -0.2) is 0 Å². The maximum absolute atomic E-state index is 12.0. The van der Waals surface area contributed by atoms with E-state index in [1.54, 1.807) is 13.8 Å². The molecule has 0 amide bonds. The van der Waals surface area contributed by atoms with Crippen LogP contribution in [0.3, 0.4) is 0 Å². The van der Waals surface area contributed by atoms with Crippen molar-refractivity contribution >= 4 is 5.78 Å². The van der Waals surface area contributed by atoms with Crippen molar-refractivity contribution in [1.29, 1.82) is 0 Å². The summed E-state index contributed by atoms with van der Waals surface area (Å²) >= 11 is 0. The van der Waals surface area contributed by atoms with Gasteiger partial charge in [0.2, 0.25) is 5.72 Å². The van der Waals surface area contributed by atoms with Crippen LogP contribution in [-0.4, -0.2) is 81.0 Å². The molecule has 0 aliphatic heterocycles. The summed E-state index contributed by atoms with van der Waals surface area (Å²) in [5.41, 5.74) is -2.33. The van der Waals surface area contributed by atoms with E-state index in [0.29, 0.717) is 0 Å². The van der Waals surface area contributed by atoms with Crippen LogP contribution in [0.2, 0.25) is 0 Å². The van der Waals surface area contributed by atoms with Crippen molar-refractivity contribution in [3.63, 3.8) is 0 Å². The van der Waals surface area contributed by atoms with E-state index >= 15 is 0 Å².